The second-order valence-electron chi connectivity index (χ2n) is 8.21. The van der Waals surface area contributed by atoms with Crippen LogP contribution in [-0.4, -0.2) is 30.5 Å². The number of hydrogen-bond donors (Lipinski definition) is 1. The first kappa shape index (κ1) is 21.7. The van der Waals surface area contributed by atoms with E-state index in [2.05, 4.69) is 44.8 Å². The van der Waals surface area contributed by atoms with Crippen molar-refractivity contribution < 1.29 is 13.6 Å². The summed E-state index contributed by atoms with van der Waals surface area (Å²) in [4.78, 5) is 17.0. The topological polar surface area (TPSA) is 77.6 Å². The van der Waals surface area contributed by atoms with Crippen LogP contribution in [-0.2, 0) is 17.9 Å². The van der Waals surface area contributed by atoms with Gasteiger partial charge in [0.05, 0.1) is 29.5 Å². The molecule has 0 atom stereocenters. The highest BCUT2D eigenvalue weighted by Crippen LogP contribution is 2.30. The van der Waals surface area contributed by atoms with Crippen molar-refractivity contribution in [3.05, 3.63) is 83.4 Å². The van der Waals surface area contributed by atoms with Crippen LogP contribution in [0.15, 0.2) is 60.9 Å². The Hall–Kier alpha value is -4.14. The van der Waals surface area contributed by atoms with Gasteiger partial charge in [0.15, 0.2) is 5.65 Å². The number of aromatic nitrogens is 5. The molecule has 3 heterocycles. The number of benzene rings is 2. The first-order valence-corrected chi connectivity index (χ1v) is 10.8. The van der Waals surface area contributed by atoms with E-state index in [0.29, 0.717) is 23.6 Å². The first-order chi connectivity index (χ1) is 16.4. The van der Waals surface area contributed by atoms with Gasteiger partial charge >= 0.3 is 0 Å². The number of nitrogens with one attached hydrogen (secondary N) is 1. The lowest BCUT2D eigenvalue weighted by molar-refractivity contribution is -0.116. The number of amides is 1. The van der Waals surface area contributed by atoms with Crippen molar-refractivity contribution in [1.29, 1.82) is 0 Å². The van der Waals surface area contributed by atoms with Gasteiger partial charge in [-0.15, -0.1) is 0 Å². The number of hydrogen-bond acceptors (Lipinski definition) is 4. The highest BCUT2D eigenvalue weighted by atomic mass is 19.3. The first-order valence-electron chi connectivity index (χ1n) is 10.8. The zero-order chi connectivity index (χ0) is 23.8. The number of carbonyl (C=O) groups is 1. The van der Waals surface area contributed by atoms with Crippen molar-refractivity contribution in [3.8, 4) is 0 Å². The summed E-state index contributed by atoms with van der Waals surface area (Å²) in [6.07, 6.45) is 0.679. The third-order valence-corrected chi connectivity index (χ3v) is 5.69. The quantitative estimate of drug-likeness (QED) is 0.386. The molecule has 3 aromatic heterocycles. The molecule has 0 saturated heterocycles. The minimum Gasteiger partial charge on any atom is -0.322 e. The molecule has 0 aliphatic rings. The summed E-state index contributed by atoms with van der Waals surface area (Å²) in [5.74, 6) is -0.351. The van der Waals surface area contributed by atoms with E-state index in [-0.39, 0.29) is 29.0 Å². The smallest absolute Gasteiger partial charge is 0.264 e. The SMILES string of the molecule is Cc1cc(C(F)F)c2c(C)nn(CC(=O)Nc3cnn(Cc4cccc5ccccc45)c3)c2n1. The summed E-state index contributed by atoms with van der Waals surface area (Å²) >= 11 is 0. The zero-order valence-corrected chi connectivity index (χ0v) is 18.7. The third-order valence-electron chi connectivity index (χ3n) is 5.69. The molecule has 34 heavy (non-hydrogen) atoms. The molecule has 2 aromatic carbocycles. The molecule has 0 unspecified atom stereocenters. The van der Waals surface area contributed by atoms with Gasteiger partial charge in [0.25, 0.3) is 6.43 Å². The molecule has 0 saturated carbocycles. The Morgan fingerprint density at radius 3 is 2.74 bits per heavy atom. The molecular formula is C25H22F2N6O. The molecular weight excluding hydrogens is 438 g/mol. The van der Waals surface area contributed by atoms with Gasteiger partial charge in [0.2, 0.25) is 5.91 Å². The Balaban J connectivity index is 1.33. The maximum absolute atomic E-state index is 13.5. The maximum Gasteiger partial charge on any atom is 0.264 e. The normalized spacial score (nSPS) is 11.6. The van der Waals surface area contributed by atoms with Crippen LogP contribution < -0.4 is 5.32 Å². The standard InChI is InChI=1S/C25H22F2N6O/c1-15-10-21(24(26)27)23-16(2)31-33(25(23)29-15)14-22(34)30-19-11-28-32(13-19)12-18-8-5-7-17-6-3-4-9-20(17)18/h3-11,13,24H,12,14H2,1-2H3,(H,30,34). The average molecular weight is 460 g/mol. The predicted octanol–water partition coefficient (Wildman–Crippen LogP) is 5.02. The summed E-state index contributed by atoms with van der Waals surface area (Å²) < 4.78 is 30.1. The number of rotatable bonds is 6. The molecule has 5 aromatic rings. The van der Waals surface area contributed by atoms with Gasteiger partial charge in [0.1, 0.15) is 6.54 Å². The molecule has 1 N–H and O–H groups in total. The van der Waals surface area contributed by atoms with Gasteiger partial charge in [-0.1, -0.05) is 42.5 Å². The summed E-state index contributed by atoms with van der Waals surface area (Å²) in [7, 11) is 0. The van der Waals surface area contributed by atoms with Crippen LogP contribution in [0.2, 0.25) is 0 Å². The molecule has 0 aliphatic carbocycles. The largest absolute Gasteiger partial charge is 0.322 e. The van der Waals surface area contributed by atoms with Crippen molar-refractivity contribution in [2.75, 3.05) is 5.32 Å². The molecule has 5 rings (SSSR count). The fraction of sp³-hybridized carbons (Fsp3) is 0.200. The highest BCUT2D eigenvalue weighted by molar-refractivity contribution is 5.92. The van der Waals surface area contributed by atoms with Crippen LogP contribution in [0.25, 0.3) is 21.8 Å². The minimum atomic E-state index is -2.65. The van der Waals surface area contributed by atoms with E-state index >= 15 is 0 Å². The number of aryl methyl sites for hydroxylation is 2. The van der Waals surface area contributed by atoms with Crippen molar-refractivity contribution in [2.24, 2.45) is 0 Å². The fourth-order valence-corrected chi connectivity index (χ4v) is 4.26. The molecule has 9 heteroatoms. The Kier molecular flexibility index (Phi) is 5.53. The van der Waals surface area contributed by atoms with Gasteiger partial charge in [-0.2, -0.15) is 10.2 Å². The van der Waals surface area contributed by atoms with Gasteiger partial charge in [-0.05, 0) is 36.2 Å². The lowest BCUT2D eigenvalue weighted by atomic mass is 10.0. The number of fused-ring (bicyclic) bond motifs is 2. The average Bonchev–Trinajstić information content (AvgIpc) is 3.37. The molecule has 0 fully saturated rings. The number of carbonyl (C=O) groups excluding carboxylic acids is 1. The summed E-state index contributed by atoms with van der Waals surface area (Å²) in [6.45, 7) is 3.68. The van der Waals surface area contributed by atoms with Crippen LogP contribution >= 0.6 is 0 Å². The monoisotopic (exact) mass is 460 g/mol. The van der Waals surface area contributed by atoms with Crippen molar-refractivity contribution in [3.63, 3.8) is 0 Å². The van der Waals surface area contributed by atoms with E-state index in [1.807, 2.05) is 18.2 Å². The lowest BCUT2D eigenvalue weighted by Gasteiger charge is -2.07. The van der Waals surface area contributed by atoms with Crippen molar-refractivity contribution >= 4 is 33.4 Å². The van der Waals surface area contributed by atoms with Crippen molar-refractivity contribution in [1.82, 2.24) is 24.5 Å². The van der Waals surface area contributed by atoms with E-state index in [1.165, 1.54) is 10.7 Å². The molecule has 172 valence electrons. The Morgan fingerprint density at radius 2 is 1.91 bits per heavy atom. The van der Waals surface area contributed by atoms with Crippen LogP contribution in [0.4, 0.5) is 14.5 Å². The van der Waals surface area contributed by atoms with Crippen molar-refractivity contribution in [2.45, 2.75) is 33.4 Å². The molecule has 0 spiro atoms. The Bertz CT molecular complexity index is 1520. The lowest BCUT2D eigenvalue weighted by Crippen LogP contribution is -2.19. The minimum absolute atomic E-state index is 0.124. The Morgan fingerprint density at radius 1 is 1.12 bits per heavy atom. The van der Waals surface area contributed by atoms with Crippen LogP contribution in [0.5, 0.6) is 0 Å². The second-order valence-corrected chi connectivity index (χ2v) is 8.21. The molecule has 7 nitrogen and oxygen atoms in total. The van der Waals surface area contributed by atoms with E-state index in [4.69, 9.17) is 0 Å². The number of alkyl halides is 2. The van der Waals surface area contributed by atoms with E-state index in [9.17, 15) is 13.6 Å². The predicted molar refractivity (Wildman–Crippen MR) is 126 cm³/mol. The van der Waals surface area contributed by atoms with E-state index < -0.39 is 6.43 Å². The summed E-state index contributed by atoms with van der Waals surface area (Å²) in [5, 5.41) is 14.0. The van der Waals surface area contributed by atoms with E-state index in [1.54, 1.807) is 30.9 Å². The van der Waals surface area contributed by atoms with E-state index in [0.717, 1.165) is 16.3 Å². The van der Waals surface area contributed by atoms with Gasteiger partial charge in [0, 0.05) is 17.5 Å². The van der Waals surface area contributed by atoms with Gasteiger partial charge in [-0.25, -0.2) is 18.4 Å². The Labute approximate surface area is 194 Å². The summed E-state index contributed by atoms with van der Waals surface area (Å²) in [5.41, 5.74) is 2.66. The van der Waals surface area contributed by atoms with Crippen LogP contribution in [0.1, 0.15) is 28.9 Å². The third kappa shape index (κ3) is 4.12. The number of pyridine rings is 1. The van der Waals surface area contributed by atoms with Gasteiger partial charge < -0.3 is 5.32 Å². The number of halogens is 2. The maximum atomic E-state index is 13.5. The molecule has 1 amide bonds. The zero-order valence-electron chi connectivity index (χ0n) is 18.7. The molecule has 0 radical (unpaired) electrons. The second kappa shape index (κ2) is 8.66. The molecule has 0 bridgehead atoms. The number of anilines is 1. The molecule has 0 aliphatic heterocycles. The fourth-order valence-electron chi connectivity index (χ4n) is 4.26. The van der Waals surface area contributed by atoms with Crippen LogP contribution in [0.3, 0.4) is 0 Å². The highest BCUT2D eigenvalue weighted by Gasteiger charge is 2.20. The van der Waals surface area contributed by atoms with Gasteiger partial charge in [-0.3, -0.25) is 9.48 Å². The number of nitrogens with zero attached hydrogens (tertiary/aromatic N) is 5. The summed E-state index contributed by atoms with van der Waals surface area (Å²) in [6, 6.07) is 15.6. The van der Waals surface area contributed by atoms with Crippen LogP contribution in [0, 0.1) is 13.8 Å².